The molecule has 1 fully saturated rings. The van der Waals surface area contributed by atoms with Crippen LogP contribution in [0.15, 0.2) is 42.2 Å². The minimum absolute atomic E-state index is 0.396. The molecule has 0 atom stereocenters. The highest BCUT2D eigenvalue weighted by Gasteiger charge is 2.21. The van der Waals surface area contributed by atoms with Crippen molar-refractivity contribution in [1.82, 2.24) is 10.2 Å². The fourth-order valence-electron chi connectivity index (χ4n) is 2.39. The summed E-state index contributed by atoms with van der Waals surface area (Å²) < 4.78 is 5.95. The predicted octanol–water partition coefficient (Wildman–Crippen LogP) is 1.76. The van der Waals surface area contributed by atoms with E-state index >= 15 is 0 Å². The molecule has 2 aliphatic rings. The van der Waals surface area contributed by atoms with Gasteiger partial charge in [-0.25, -0.2) is 0 Å². The molecule has 0 radical (unpaired) electrons. The van der Waals surface area contributed by atoms with Crippen LogP contribution in [-0.2, 0) is 11.3 Å². The van der Waals surface area contributed by atoms with Crippen LogP contribution >= 0.6 is 0 Å². The normalized spacial score (nSPS) is 21.2. The summed E-state index contributed by atoms with van der Waals surface area (Å²) in [6.45, 7) is 5.09. The number of nitrogens with zero attached hydrogens (tertiary/aromatic N) is 1. The molecule has 96 valence electrons. The van der Waals surface area contributed by atoms with Crippen LogP contribution in [0, 0.1) is 0 Å². The van der Waals surface area contributed by atoms with E-state index in [-0.39, 0.29) is 0 Å². The number of nitrogens with one attached hydrogen (secondary N) is 1. The fourth-order valence-corrected chi connectivity index (χ4v) is 2.39. The van der Waals surface area contributed by atoms with Crippen LogP contribution in [0.1, 0.15) is 12.0 Å². The van der Waals surface area contributed by atoms with Crippen LogP contribution in [0.4, 0.5) is 0 Å². The number of hydrogen-bond donors (Lipinski definition) is 1. The SMILES string of the molecule is C1=C(OC2CNC2)CN(Cc2ccccc2)CC1. The minimum atomic E-state index is 0.396. The monoisotopic (exact) mass is 244 g/mol. The van der Waals surface area contributed by atoms with Gasteiger partial charge in [0.25, 0.3) is 0 Å². The number of benzene rings is 1. The van der Waals surface area contributed by atoms with Gasteiger partial charge in [0.05, 0.1) is 6.54 Å². The third kappa shape index (κ3) is 2.92. The van der Waals surface area contributed by atoms with E-state index in [1.807, 2.05) is 0 Å². The van der Waals surface area contributed by atoms with Crippen molar-refractivity contribution in [2.24, 2.45) is 0 Å². The molecule has 1 N–H and O–H groups in total. The van der Waals surface area contributed by atoms with Gasteiger partial charge in [0.2, 0.25) is 0 Å². The number of rotatable bonds is 4. The van der Waals surface area contributed by atoms with Crippen LogP contribution in [0.3, 0.4) is 0 Å². The van der Waals surface area contributed by atoms with Crippen molar-refractivity contribution in [2.45, 2.75) is 19.1 Å². The molecule has 18 heavy (non-hydrogen) atoms. The van der Waals surface area contributed by atoms with Gasteiger partial charge in [-0.2, -0.15) is 0 Å². The van der Waals surface area contributed by atoms with Gasteiger partial charge in [0, 0.05) is 26.2 Å². The molecule has 0 saturated carbocycles. The predicted molar refractivity (Wildman–Crippen MR) is 72.2 cm³/mol. The molecule has 2 aliphatic heterocycles. The molecule has 1 saturated heterocycles. The van der Waals surface area contributed by atoms with Gasteiger partial charge in [-0.15, -0.1) is 0 Å². The van der Waals surface area contributed by atoms with Crippen LogP contribution in [0.5, 0.6) is 0 Å². The van der Waals surface area contributed by atoms with E-state index in [4.69, 9.17) is 4.74 Å². The lowest BCUT2D eigenvalue weighted by atomic mass is 10.1. The van der Waals surface area contributed by atoms with Crippen molar-refractivity contribution in [3.8, 4) is 0 Å². The van der Waals surface area contributed by atoms with E-state index in [2.05, 4.69) is 46.6 Å². The summed E-state index contributed by atoms with van der Waals surface area (Å²) in [5.74, 6) is 1.16. The van der Waals surface area contributed by atoms with E-state index in [0.717, 1.165) is 44.9 Å². The molecule has 0 aromatic heterocycles. The molecular weight excluding hydrogens is 224 g/mol. The molecule has 2 heterocycles. The molecule has 0 amide bonds. The Morgan fingerprint density at radius 1 is 1.22 bits per heavy atom. The summed E-state index contributed by atoms with van der Waals surface area (Å²) in [4.78, 5) is 2.46. The Hall–Kier alpha value is -1.32. The van der Waals surface area contributed by atoms with Crippen molar-refractivity contribution >= 4 is 0 Å². The van der Waals surface area contributed by atoms with Gasteiger partial charge in [0.1, 0.15) is 11.9 Å². The second-order valence-electron chi connectivity index (χ2n) is 5.05. The highest BCUT2D eigenvalue weighted by Crippen LogP contribution is 2.16. The Balaban J connectivity index is 1.54. The highest BCUT2D eigenvalue weighted by atomic mass is 16.5. The maximum atomic E-state index is 5.95. The average molecular weight is 244 g/mol. The van der Waals surface area contributed by atoms with Crippen molar-refractivity contribution < 1.29 is 4.74 Å². The lowest BCUT2D eigenvalue weighted by Crippen LogP contribution is -2.49. The molecule has 3 nitrogen and oxygen atoms in total. The van der Waals surface area contributed by atoms with Gasteiger partial charge in [-0.3, -0.25) is 4.90 Å². The average Bonchev–Trinajstić information content (AvgIpc) is 2.36. The molecule has 3 rings (SSSR count). The molecule has 3 heteroatoms. The second-order valence-corrected chi connectivity index (χ2v) is 5.05. The molecule has 0 spiro atoms. The van der Waals surface area contributed by atoms with E-state index < -0.39 is 0 Å². The first-order valence-electron chi connectivity index (χ1n) is 6.73. The van der Waals surface area contributed by atoms with Gasteiger partial charge in [0.15, 0.2) is 0 Å². The fraction of sp³-hybridized carbons (Fsp3) is 0.467. The summed E-state index contributed by atoms with van der Waals surface area (Å²) in [7, 11) is 0. The Morgan fingerprint density at radius 2 is 2.06 bits per heavy atom. The van der Waals surface area contributed by atoms with Gasteiger partial charge < -0.3 is 10.1 Å². The van der Waals surface area contributed by atoms with Gasteiger partial charge >= 0.3 is 0 Å². The first-order valence-corrected chi connectivity index (χ1v) is 6.73. The standard InChI is InChI=1S/C15H20N2O/c1-2-5-13(6-3-1)11-17-8-4-7-14(12-17)18-15-9-16-10-15/h1-3,5-7,15-16H,4,8-12H2. The van der Waals surface area contributed by atoms with Crippen molar-refractivity contribution in [1.29, 1.82) is 0 Å². The third-order valence-electron chi connectivity index (χ3n) is 3.51. The quantitative estimate of drug-likeness (QED) is 0.873. The van der Waals surface area contributed by atoms with E-state index in [0.29, 0.717) is 6.10 Å². The van der Waals surface area contributed by atoms with E-state index in [1.165, 1.54) is 5.56 Å². The molecule has 0 aliphatic carbocycles. The zero-order valence-electron chi connectivity index (χ0n) is 10.6. The number of ether oxygens (including phenoxy) is 1. The zero-order chi connectivity index (χ0) is 12.2. The zero-order valence-corrected chi connectivity index (χ0v) is 10.6. The van der Waals surface area contributed by atoms with Crippen LogP contribution in [0.2, 0.25) is 0 Å². The lowest BCUT2D eigenvalue weighted by Gasteiger charge is -2.33. The molecular formula is C15H20N2O. The third-order valence-corrected chi connectivity index (χ3v) is 3.51. The highest BCUT2D eigenvalue weighted by molar-refractivity contribution is 5.15. The summed E-state index contributed by atoms with van der Waals surface area (Å²) in [6.07, 6.45) is 3.75. The van der Waals surface area contributed by atoms with Gasteiger partial charge in [-0.05, 0) is 18.1 Å². The first-order chi connectivity index (χ1) is 8.90. The van der Waals surface area contributed by atoms with Crippen molar-refractivity contribution in [3.63, 3.8) is 0 Å². The van der Waals surface area contributed by atoms with Gasteiger partial charge in [-0.1, -0.05) is 30.3 Å². The molecule has 0 unspecified atom stereocenters. The topological polar surface area (TPSA) is 24.5 Å². The molecule has 1 aromatic rings. The summed E-state index contributed by atoms with van der Waals surface area (Å²) >= 11 is 0. The minimum Gasteiger partial charge on any atom is -0.491 e. The Kier molecular flexibility index (Phi) is 3.62. The van der Waals surface area contributed by atoms with E-state index in [1.54, 1.807) is 0 Å². The molecule has 1 aromatic carbocycles. The van der Waals surface area contributed by atoms with Crippen LogP contribution in [0.25, 0.3) is 0 Å². The Labute approximate surface area is 108 Å². The Morgan fingerprint density at radius 3 is 2.78 bits per heavy atom. The van der Waals surface area contributed by atoms with Crippen molar-refractivity contribution in [3.05, 3.63) is 47.7 Å². The lowest BCUT2D eigenvalue weighted by molar-refractivity contribution is 0.0515. The van der Waals surface area contributed by atoms with Crippen LogP contribution in [-0.4, -0.2) is 37.2 Å². The summed E-state index contributed by atoms with van der Waals surface area (Å²) in [5, 5.41) is 3.24. The van der Waals surface area contributed by atoms with E-state index in [9.17, 15) is 0 Å². The first kappa shape index (κ1) is 11.8. The maximum Gasteiger partial charge on any atom is 0.123 e. The number of hydrogen-bond acceptors (Lipinski definition) is 3. The largest absolute Gasteiger partial charge is 0.491 e. The van der Waals surface area contributed by atoms with Crippen LogP contribution < -0.4 is 5.32 Å². The maximum absolute atomic E-state index is 5.95. The molecule has 0 bridgehead atoms. The van der Waals surface area contributed by atoms with Crippen molar-refractivity contribution in [2.75, 3.05) is 26.2 Å². The second kappa shape index (κ2) is 5.55. The Bertz CT molecular complexity index is 412. The smallest absolute Gasteiger partial charge is 0.123 e. The summed E-state index contributed by atoms with van der Waals surface area (Å²) in [6, 6.07) is 10.7. The summed E-state index contributed by atoms with van der Waals surface area (Å²) in [5.41, 5.74) is 1.38.